The van der Waals surface area contributed by atoms with Gasteiger partial charge < -0.3 is 14.7 Å². The third-order valence-corrected chi connectivity index (χ3v) is 4.04. The number of aliphatic carboxylic acids is 1. The van der Waals surface area contributed by atoms with Crippen LogP contribution < -0.4 is 0 Å². The summed E-state index contributed by atoms with van der Waals surface area (Å²) < 4.78 is 4.60. The van der Waals surface area contributed by atoms with Crippen molar-refractivity contribution in [2.45, 2.75) is 25.4 Å². The Morgan fingerprint density at radius 2 is 2.26 bits per heavy atom. The second-order valence-electron chi connectivity index (χ2n) is 4.17. The first kappa shape index (κ1) is 13.5. The molecule has 19 heavy (non-hydrogen) atoms. The molecule has 0 radical (unpaired) electrons. The number of esters is 1. The SMILES string of the molecule is COC(=O)c1ccc(CN2C(=O)CC[C@@H]2C(=O)O)s1. The predicted molar refractivity (Wildman–Crippen MR) is 66.9 cm³/mol. The lowest BCUT2D eigenvalue weighted by Gasteiger charge is -2.20. The second-order valence-corrected chi connectivity index (χ2v) is 5.34. The Hall–Kier alpha value is -1.89. The standard InChI is InChI=1S/C12H13NO5S/c1-18-12(17)9-4-2-7(19-9)6-13-8(11(15)16)3-5-10(13)14/h2,4,8H,3,5-6H2,1H3,(H,15,16)/t8-/m1/s1. The predicted octanol–water partition coefficient (Wildman–Crippen LogP) is 1.11. The van der Waals surface area contributed by atoms with Crippen LogP contribution in [0.4, 0.5) is 0 Å². The Kier molecular flexibility index (Phi) is 3.84. The second kappa shape index (κ2) is 5.40. The minimum absolute atomic E-state index is 0.166. The van der Waals surface area contributed by atoms with Gasteiger partial charge >= 0.3 is 11.9 Å². The fourth-order valence-electron chi connectivity index (χ4n) is 2.03. The van der Waals surface area contributed by atoms with Crippen molar-refractivity contribution in [3.63, 3.8) is 0 Å². The lowest BCUT2D eigenvalue weighted by atomic mass is 10.2. The van der Waals surface area contributed by atoms with E-state index in [-0.39, 0.29) is 18.9 Å². The number of carbonyl (C=O) groups excluding carboxylic acids is 2. The van der Waals surface area contributed by atoms with Gasteiger partial charge in [0.1, 0.15) is 10.9 Å². The van der Waals surface area contributed by atoms with Gasteiger partial charge in [-0.05, 0) is 18.6 Å². The van der Waals surface area contributed by atoms with Gasteiger partial charge in [-0.15, -0.1) is 11.3 Å². The molecule has 0 aliphatic carbocycles. The monoisotopic (exact) mass is 283 g/mol. The van der Waals surface area contributed by atoms with Crippen LogP contribution in [0.1, 0.15) is 27.4 Å². The normalized spacial score (nSPS) is 18.7. The zero-order chi connectivity index (χ0) is 14.0. The van der Waals surface area contributed by atoms with Gasteiger partial charge in [-0.3, -0.25) is 4.79 Å². The average Bonchev–Trinajstić information content (AvgIpc) is 2.97. The molecule has 0 aromatic carbocycles. The van der Waals surface area contributed by atoms with Gasteiger partial charge in [0.2, 0.25) is 5.91 Å². The number of thiophene rings is 1. The molecule has 0 saturated carbocycles. The molecule has 1 aliphatic rings. The quantitative estimate of drug-likeness (QED) is 0.837. The molecular weight excluding hydrogens is 270 g/mol. The summed E-state index contributed by atoms with van der Waals surface area (Å²) in [5.74, 6) is -1.59. The number of amides is 1. The summed E-state index contributed by atoms with van der Waals surface area (Å²) in [6.07, 6.45) is 0.593. The van der Waals surface area contributed by atoms with E-state index in [1.807, 2.05) is 0 Å². The third-order valence-electron chi connectivity index (χ3n) is 2.99. The number of carboxylic acids is 1. The van der Waals surface area contributed by atoms with Crippen LogP contribution in [0.3, 0.4) is 0 Å². The largest absolute Gasteiger partial charge is 0.480 e. The minimum atomic E-state index is -0.990. The van der Waals surface area contributed by atoms with Gasteiger partial charge in [-0.2, -0.15) is 0 Å². The van der Waals surface area contributed by atoms with Gasteiger partial charge in [0, 0.05) is 11.3 Å². The number of carbonyl (C=O) groups is 3. The highest BCUT2D eigenvalue weighted by Gasteiger charge is 2.36. The van der Waals surface area contributed by atoms with Crippen molar-refractivity contribution < 1.29 is 24.2 Å². The minimum Gasteiger partial charge on any atom is -0.480 e. The van der Waals surface area contributed by atoms with Gasteiger partial charge in [0.05, 0.1) is 13.7 Å². The fraction of sp³-hybridized carbons (Fsp3) is 0.417. The van der Waals surface area contributed by atoms with Crippen molar-refractivity contribution >= 4 is 29.2 Å². The van der Waals surface area contributed by atoms with Gasteiger partial charge in [0.15, 0.2) is 0 Å². The molecule has 2 rings (SSSR count). The van der Waals surface area contributed by atoms with Crippen molar-refractivity contribution in [2.24, 2.45) is 0 Å². The Balaban J connectivity index is 2.11. The van der Waals surface area contributed by atoms with Crippen LogP contribution >= 0.6 is 11.3 Å². The van der Waals surface area contributed by atoms with E-state index in [1.165, 1.54) is 23.3 Å². The fourth-order valence-corrected chi connectivity index (χ4v) is 2.95. The first-order valence-electron chi connectivity index (χ1n) is 5.72. The van der Waals surface area contributed by atoms with E-state index >= 15 is 0 Å². The molecule has 0 bridgehead atoms. The molecule has 1 fully saturated rings. The first-order chi connectivity index (χ1) is 9.02. The molecule has 1 saturated heterocycles. The Bertz CT molecular complexity index is 524. The van der Waals surface area contributed by atoms with E-state index in [1.54, 1.807) is 12.1 Å². The third kappa shape index (κ3) is 2.76. The molecule has 1 N–H and O–H groups in total. The Morgan fingerprint density at radius 1 is 1.53 bits per heavy atom. The van der Waals surface area contributed by atoms with Crippen molar-refractivity contribution in [3.8, 4) is 0 Å². The van der Waals surface area contributed by atoms with E-state index in [0.29, 0.717) is 11.3 Å². The number of ether oxygens (including phenoxy) is 1. The van der Waals surface area contributed by atoms with E-state index in [4.69, 9.17) is 5.11 Å². The highest BCUT2D eigenvalue weighted by molar-refractivity contribution is 7.13. The van der Waals surface area contributed by atoms with Crippen LogP contribution in [0.2, 0.25) is 0 Å². The van der Waals surface area contributed by atoms with Crippen LogP contribution in [0.15, 0.2) is 12.1 Å². The number of hydrogen-bond donors (Lipinski definition) is 1. The van der Waals surface area contributed by atoms with Crippen LogP contribution in [0.5, 0.6) is 0 Å². The topological polar surface area (TPSA) is 83.9 Å². The molecular formula is C12H13NO5S. The molecule has 2 heterocycles. The van der Waals surface area contributed by atoms with Gasteiger partial charge in [0.25, 0.3) is 0 Å². The Morgan fingerprint density at radius 3 is 2.89 bits per heavy atom. The van der Waals surface area contributed by atoms with Crippen LogP contribution in [-0.4, -0.2) is 41.0 Å². The van der Waals surface area contributed by atoms with Crippen LogP contribution in [-0.2, 0) is 20.9 Å². The highest BCUT2D eigenvalue weighted by Crippen LogP contribution is 2.25. The number of carboxylic acid groups (broad SMARTS) is 1. The number of rotatable bonds is 4. The van der Waals surface area contributed by atoms with Crippen LogP contribution in [0, 0.1) is 0 Å². The maximum Gasteiger partial charge on any atom is 0.348 e. The first-order valence-corrected chi connectivity index (χ1v) is 6.54. The maximum atomic E-state index is 11.7. The van der Waals surface area contributed by atoms with Gasteiger partial charge in [-0.25, -0.2) is 9.59 Å². The molecule has 0 spiro atoms. The van der Waals surface area contributed by atoms with Crippen molar-refractivity contribution in [1.82, 2.24) is 4.90 Å². The van der Waals surface area contributed by atoms with E-state index in [2.05, 4.69) is 4.74 Å². The van der Waals surface area contributed by atoms with E-state index < -0.39 is 18.0 Å². The zero-order valence-electron chi connectivity index (χ0n) is 10.3. The highest BCUT2D eigenvalue weighted by atomic mass is 32.1. The summed E-state index contributed by atoms with van der Waals surface area (Å²) in [6, 6.07) is 2.56. The number of likely N-dealkylation sites (tertiary alicyclic amines) is 1. The van der Waals surface area contributed by atoms with Crippen LogP contribution in [0.25, 0.3) is 0 Å². The molecule has 7 heteroatoms. The molecule has 1 aliphatic heterocycles. The Labute approximate surface area is 113 Å². The zero-order valence-corrected chi connectivity index (χ0v) is 11.1. The molecule has 102 valence electrons. The van der Waals surface area contributed by atoms with Crippen molar-refractivity contribution in [2.75, 3.05) is 7.11 Å². The summed E-state index contributed by atoms with van der Waals surface area (Å²) in [5, 5.41) is 9.05. The lowest BCUT2D eigenvalue weighted by molar-refractivity contribution is -0.146. The van der Waals surface area contributed by atoms with E-state index in [0.717, 1.165) is 4.88 Å². The molecule has 1 aromatic heterocycles. The van der Waals surface area contributed by atoms with Crippen molar-refractivity contribution in [1.29, 1.82) is 0 Å². The maximum absolute atomic E-state index is 11.7. The summed E-state index contributed by atoms with van der Waals surface area (Å²) in [5.41, 5.74) is 0. The average molecular weight is 283 g/mol. The molecule has 1 atom stereocenters. The summed E-state index contributed by atoms with van der Waals surface area (Å²) in [7, 11) is 1.30. The molecule has 6 nitrogen and oxygen atoms in total. The summed E-state index contributed by atoms with van der Waals surface area (Å²) >= 11 is 1.21. The van der Waals surface area contributed by atoms with E-state index in [9.17, 15) is 14.4 Å². The number of methoxy groups -OCH3 is 1. The van der Waals surface area contributed by atoms with Crippen molar-refractivity contribution in [3.05, 3.63) is 21.9 Å². The van der Waals surface area contributed by atoms with Gasteiger partial charge in [-0.1, -0.05) is 0 Å². The number of nitrogens with zero attached hydrogens (tertiary/aromatic N) is 1. The smallest absolute Gasteiger partial charge is 0.348 e. The molecule has 1 aromatic rings. The number of hydrogen-bond acceptors (Lipinski definition) is 5. The molecule has 0 unspecified atom stereocenters. The summed E-state index contributed by atoms with van der Waals surface area (Å²) in [4.78, 5) is 36.6. The molecule has 1 amide bonds. The lowest BCUT2D eigenvalue weighted by Crippen LogP contribution is -2.37. The summed E-state index contributed by atoms with van der Waals surface area (Å²) in [6.45, 7) is 0.220.